The maximum absolute atomic E-state index is 12.4. The van der Waals surface area contributed by atoms with Gasteiger partial charge in [-0.1, -0.05) is 13.0 Å². The van der Waals surface area contributed by atoms with Crippen LogP contribution in [0, 0.1) is 0 Å². The van der Waals surface area contributed by atoms with E-state index in [9.17, 15) is 13.2 Å². The number of carbonyl (C=O) groups is 1. The first-order valence-electron chi connectivity index (χ1n) is 6.40. The molecule has 1 aromatic carbocycles. The van der Waals surface area contributed by atoms with Gasteiger partial charge >= 0.3 is 5.97 Å². The standard InChI is InChI=1S/C13H17NO5S/c1-2-9-3-4-11(7-12(9)13(16)17)20(18,19)14-6-5-10(14)8-15/h3-4,7,10,15H,2,5-6,8H2,1H3,(H,16,17). The quantitative estimate of drug-likeness (QED) is 0.834. The number of carboxylic acids is 1. The fourth-order valence-corrected chi connectivity index (χ4v) is 3.96. The van der Waals surface area contributed by atoms with E-state index in [4.69, 9.17) is 10.2 Å². The normalized spacial score (nSPS) is 19.6. The van der Waals surface area contributed by atoms with Crippen LogP contribution in [0.15, 0.2) is 23.1 Å². The average Bonchev–Trinajstić information content (AvgIpc) is 2.36. The van der Waals surface area contributed by atoms with Crippen molar-refractivity contribution in [3.63, 3.8) is 0 Å². The first-order chi connectivity index (χ1) is 9.41. The van der Waals surface area contributed by atoms with Crippen molar-refractivity contribution in [2.75, 3.05) is 13.2 Å². The Balaban J connectivity index is 2.42. The Morgan fingerprint density at radius 3 is 2.60 bits per heavy atom. The summed E-state index contributed by atoms with van der Waals surface area (Å²) < 4.78 is 26.0. The minimum Gasteiger partial charge on any atom is -0.478 e. The van der Waals surface area contributed by atoms with Crippen molar-refractivity contribution in [2.24, 2.45) is 0 Å². The maximum atomic E-state index is 12.4. The molecule has 7 heteroatoms. The summed E-state index contributed by atoms with van der Waals surface area (Å²) >= 11 is 0. The topological polar surface area (TPSA) is 94.9 Å². The van der Waals surface area contributed by atoms with Crippen molar-refractivity contribution in [3.8, 4) is 0 Å². The van der Waals surface area contributed by atoms with E-state index in [1.54, 1.807) is 0 Å². The van der Waals surface area contributed by atoms with Crippen LogP contribution in [0.5, 0.6) is 0 Å². The van der Waals surface area contributed by atoms with Crippen molar-refractivity contribution in [3.05, 3.63) is 29.3 Å². The number of rotatable bonds is 5. The molecule has 1 saturated heterocycles. The summed E-state index contributed by atoms with van der Waals surface area (Å²) in [7, 11) is -3.73. The first-order valence-corrected chi connectivity index (χ1v) is 7.84. The summed E-state index contributed by atoms with van der Waals surface area (Å²) in [6, 6.07) is 3.75. The molecule has 0 spiro atoms. The number of sulfonamides is 1. The van der Waals surface area contributed by atoms with Gasteiger partial charge in [0.1, 0.15) is 0 Å². The molecule has 6 nitrogen and oxygen atoms in total. The number of aromatic carboxylic acids is 1. The van der Waals surface area contributed by atoms with Crippen LogP contribution in [0.2, 0.25) is 0 Å². The summed E-state index contributed by atoms with van der Waals surface area (Å²) in [5.74, 6) is -1.14. The van der Waals surface area contributed by atoms with Crippen molar-refractivity contribution in [1.29, 1.82) is 0 Å². The maximum Gasteiger partial charge on any atom is 0.336 e. The van der Waals surface area contributed by atoms with Gasteiger partial charge in [0, 0.05) is 12.6 Å². The van der Waals surface area contributed by atoms with Crippen molar-refractivity contribution in [1.82, 2.24) is 4.31 Å². The van der Waals surface area contributed by atoms with E-state index >= 15 is 0 Å². The lowest BCUT2D eigenvalue weighted by molar-refractivity contribution is 0.0695. The van der Waals surface area contributed by atoms with E-state index in [0.29, 0.717) is 24.9 Å². The van der Waals surface area contributed by atoms with Crippen LogP contribution in [-0.2, 0) is 16.4 Å². The molecule has 0 saturated carbocycles. The van der Waals surface area contributed by atoms with E-state index in [2.05, 4.69) is 0 Å². The van der Waals surface area contributed by atoms with Gasteiger partial charge in [0.25, 0.3) is 0 Å². The second kappa shape index (κ2) is 5.51. The molecule has 2 rings (SSSR count). The van der Waals surface area contributed by atoms with Gasteiger partial charge in [-0.2, -0.15) is 4.31 Å². The third kappa shape index (κ3) is 2.44. The zero-order chi connectivity index (χ0) is 14.9. The highest BCUT2D eigenvalue weighted by Gasteiger charge is 2.38. The lowest BCUT2D eigenvalue weighted by Crippen LogP contribution is -2.52. The number of hydrogen-bond donors (Lipinski definition) is 2. The van der Waals surface area contributed by atoms with E-state index in [0.717, 1.165) is 0 Å². The Morgan fingerprint density at radius 2 is 2.15 bits per heavy atom. The molecule has 0 bridgehead atoms. The lowest BCUT2D eigenvalue weighted by Gasteiger charge is -2.38. The number of carboxylic acid groups (broad SMARTS) is 1. The van der Waals surface area contributed by atoms with Gasteiger partial charge in [-0.3, -0.25) is 0 Å². The molecule has 1 aliphatic rings. The molecule has 1 aromatic rings. The van der Waals surface area contributed by atoms with Gasteiger partial charge in [0.2, 0.25) is 10.0 Å². The monoisotopic (exact) mass is 299 g/mol. The number of aliphatic hydroxyl groups is 1. The summed E-state index contributed by atoms with van der Waals surface area (Å²) in [6.07, 6.45) is 1.14. The summed E-state index contributed by atoms with van der Waals surface area (Å²) in [5, 5.41) is 18.2. The van der Waals surface area contributed by atoms with Crippen molar-refractivity contribution < 1.29 is 23.4 Å². The molecular formula is C13H17NO5S. The zero-order valence-corrected chi connectivity index (χ0v) is 11.9. The average molecular weight is 299 g/mol. The Morgan fingerprint density at radius 1 is 1.45 bits per heavy atom. The third-order valence-electron chi connectivity index (χ3n) is 3.60. The summed E-state index contributed by atoms with van der Waals surface area (Å²) in [6.45, 7) is 1.94. The Bertz CT molecular complexity index is 624. The molecule has 2 N–H and O–H groups in total. The van der Waals surface area contributed by atoms with Crippen LogP contribution in [0.4, 0.5) is 0 Å². The van der Waals surface area contributed by atoms with E-state index in [1.807, 2.05) is 6.92 Å². The van der Waals surface area contributed by atoms with Crippen LogP contribution in [0.1, 0.15) is 29.3 Å². The molecule has 0 amide bonds. The minimum absolute atomic E-state index is 0.00893. The highest BCUT2D eigenvalue weighted by Crippen LogP contribution is 2.28. The fourth-order valence-electron chi connectivity index (χ4n) is 2.27. The first kappa shape index (κ1) is 15.0. The van der Waals surface area contributed by atoms with E-state index < -0.39 is 22.0 Å². The van der Waals surface area contributed by atoms with Gasteiger partial charge in [-0.15, -0.1) is 0 Å². The number of nitrogens with zero attached hydrogens (tertiary/aromatic N) is 1. The molecule has 0 radical (unpaired) electrons. The molecule has 1 unspecified atom stereocenters. The molecule has 1 heterocycles. The third-order valence-corrected chi connectivity index (χ3v) is 5.55. The van der Waals surface area contributed by atoms with Gasteiger partial charge in [0.05, 0.1) is 17.1 Å². The summed E-state index contributed by atoms with van der Waals surface area (Å²) in [5.41, 5.74) is 0.605. The smallest absolute Gasteiger partial charge is 0.336 e. The highest BCUT2D eigenvalue weighted by atomic mass is 32.2. The number of aryl methyl sites for hydroxylation is 1. The Hall–Kier alpha value is -1.44. The molecule has 1 atom stereocenters. The number of hydrogen-bond acceptors (Lipinski definition) is 4. The van der Waals surface area contributed by atoms with Gasteiger partial charge in [-0.05, 0) is 30.5 Å². The van der Waals surface area contributed by atoms with Crippen LogP contribution >= 0.6 is 0 Å². The molecule has 1 fully saturated rings. The Labute approximate surface area is 117 Å². The fraction of sp³-hybridized carbons (Fsp3) is 0.462. The van der Waals surface area contributed by atoms with E-state index in [1.165, 1.54) is 22.5 Å². The van der Waals surface area contributed by atoms with Crippen LogP contribution < -0.4 is 0 Å². The van der Waals surface area contributed by atoms with E-state index in [-0.39, 0.29) is 17.1 Å². The second-order valence-electron chi connectivity index (χ2n) is 4.72. The van der Waals surface area contributed by atoms with Gasteiger partial charge < -0.3 is 10.2 Å². The SMILES string of the molecule is CCc1ccc(S(=O)(=O)N2CCC2CO)cc1C(=O)O. The predicted octanol–water partition coefficient (Wildman–Crippen LogP) is 0.702. The number of benzene rings is 1. The zero-order valence-electron chi connectivity index (χ0n) is 11.1. The molecule has 20 heavy (non-hydrogen) atoms. The Kier molecular flexibility index (Phi) is 4.12. The lowest BCUT2D eigenvalue weighted by atomic mass is 10.1. The molecular weight excluding hydrogens is 282 g/mol. The van der Waals surface area contributed by atoms with Crippen molar-refractivity contribution >= 4 is 16.0 Å². The number of aliphatic hydroxyl groups excluding tert-OH is 1. The second-order valence-corrected chi connectivity index (χ2v) is 6.61. The van der Waals surface area contributed by atoms with Crippen LogP contribution in [-0.4, -0.2) is 48.1 Å². The molecule has 0 aromatic heterocycles. The molecule has 0 aliphatic carbocycles. The van der Waals surface area contributed by atoms with Crippen LogP contribution in [0.25, 0.3) is 0 Å². The molecule has 110 valence electrons. The van der Waals surface area contributed by atoms with Gasteiger partial charge in [0.15, 0.2) is 0 Å². The minimum atomic E-state index is -3.73. The predicted molar refractivity (Wildman–Crippen MR) is 72.2 cm³/mol. The highest BCUT2D eigenvalue weighted by molar-refractivity contribution is 7.89. The molecule has 1 aliphatic heterocycles. The largest absolute Gasteiger partial charge is 0.478 e. The van der Waals surface area contributed by atoms with Crippen molar-refractivity contribution in [2.45, 2.75) is 30.7 Å². The van der Waals surface area contributed by atoms with Crippen LogP contribution in [0.3, 0.4) is 0 Å². The summed E-state index contributed by atoms with van der Waals surface area (Å²) in [4.78, 5) is 11.1. The van der Waals surface area contributed by atoms with Gasteiger partial charge in [-0.25, -0.2) is 13.2 Å².